The Morgan fingerprint density at radius 1 is 0.194 bits per heavy atom. The molecule has 1 saturated carbocycles. The second kappa shape index (κ2) is 125. The fraction of sp³-hybridized carbons (Fsp3) is 1.00. The Morgan fingerprint density at radius 2 is 0.419 bits per heavy atom. The van der Waals surface area contributed by atoms with E-state index < -0.39 is 0 Å². The lowest BCUT2D eigenvalue weighted by Gasteiger charge is -2.30. The van der Waals surface area contributed by atoms with Crippen LogP contribution in [-0.4, -0.2) is 184 Å². The molecule has 0 aromatic heterocycles. The number of nitrogens with zero attached hydrogens (tertiary/aromatic N) is 3. The summed E-state index contributed by atoms with van der Waals surface area (Å²) in [6.45, 7) is 103. The molecule has 7 heterocycles. The van der Waals surface area contributed by atoms with Crippen LogP contribution in [0.5, 0.6) is 0 Å². The molecule has 0 atom stereocenters. The van der Waals surface area contributed by atoms with Gasteiger partial charge in [0.15, 0.2) is 0 Å². The lowest BCUT2D eigenvalue weighted by molar-refractivity contribution is 0.0238. The Balaban J connectivity index is -0.0000000671. The summed E-state index contributed by atoms with van der Waals surface area (Å²) in [7, 11) is 0. The molecule has 0 bridgehead atoms. The first-order valence-electron chi connectivity index (χ1n) is 40.8. The van der Waals surface area contributed by atoms with E-state index in [4.69, 9.17) is 14.2 Å². The highest BCUT2D eigenvalue weighted by atomic mass is 16.5. The van der Waals surface area contributed by atoms with Crippen molar-refractivity contribution in [2.24, 2.45) is 29.6 Å². The quantitative estimate of drug-likeness (QED) is 0.162. The Labute approximate surface area is 596 Å². The summed E-state index contributed by atoms with van der Waals surface area (Å²) < 4.78 is 15.2. The van der Waals surface area contributed by atoms with Crippen LogP contribution in [0.4, 0.5) is 0 Å². The molecule has 7 aliphatic heterocycles. The van der Waals surface area contributed by atoms with E-state index in [1.807, 2.05) is 111 Å². The molecule has 8 aliphatic rings. The lowest BCUT2D eigenvalue weighted by atomic mass is 10.0. The maximum Gasteiger partial charge on any atom is 0.0965 e. The molecule has 8 fully saturated rings. The van der Waals surface area contributed by atoms with Gasteiger partial charge in [-0.3, -0.25) is 15.1 Å². The molecule has 0 amide bonds. The van der Waals surface area contributed by atoms with Crippen LogP contribution in [0.1, 0.15) is 340 Å². The smallest absolute Gasteiger partial charge is 0.0965 e. The Hall–Kier alpha value is -0.480. The van der Waals surface area contributed by atoms with Crippen molar-refractivity contribution in [1.82, 2.24) is 46.6 Å². The molecule has 0 aromatic rings. The van der Waals surface area contributed by atoms with Gasteiger partial charge < -0.3 is 45.7 Å². The predicted molar refractivity (Wildman–Crippen MR) is 438 cm³/mol. The van der Waals surface area contributed by atoms with E-state index in [9.17, 15) is 0 Å². The van der Waals surface area contributed by atoms with Gasteiger partial charge in [0.05, 0.1) is 33.2 Å². The normalized spacial score (nSPS) is 16.9. The molecule has 12 heteroatoms. The average Bonchev–Trinajstić information content (AvgIpc) is 3.80. The number of hydrogen-bond donors (Lipinski definition) is 6. The van der Waals surface area contributed by atoms with Gasteiger partial charge in [-0.25, -0.2) is 0 Å². The molecule has 0 radical (unpaired) electrons. The maximum absolute atomic E-state index is 5.21. The van der Waals surface area contributed by atoms with Gasteiger partial charge in [0.25, 0.3) is 0 Å². The first kappa shape index (κ1) is 123. The van der Waals surface area contributed by atoms with Crippen LogP contribution in [-0.2, 0) is 14.2 Å². The Morgan fingerprint density at radius 3 is 0.570 bits per heavy atom. The van der Waals surface area contributed by atoms with E-state index in [1.165, 1.54) is 123 Å². The van der Waals surface area contributed by atoms with Crippen LogP contribution in [0.3, 0.4) is 0 Å². The van der Waals surface area contributed by atoms with Crippen LogP contribution in [0, 0.1) is 29.6 Å². The highest BCUT2D eigenvalue weighted by Crippen LogP contribution is 2.15. The Bertz CT molecular complexity index is 760. The SMILES string of the molecule is C1CCCCC1.C1CCNCC1.C1CNCCN1.C1CNCOC1.C1COCCN1.CC.CC.CC.CC.CC.CC.CC.CC.CC(C)C.CC(C)C.CC(C)C.CC(C)C.CC(C)C.CC(C)N1CCCCC1.CC(C)N1CCNCC1.CC(C)N1CCOCC1. The Kier molecular flexibility index (Phi) is 164. The molecule has 6 N–H and O–H groups in total. The topological polar surface area (TPSA) is 110 Å². The van der Waals surface area contributed by atoms with Gasteiger partial charge in [0, 0.05) is 103 Å². The number of morpholine rings is 2. The van der Waals surface area contributed by atoms with Gasteiger partial charge in [-0.1, -0.05) is 266 Å². The molecule has 0 unspecified atom stereocenters. The number of likely N-dealkylation sites (tertiary alicyclic amines) is 1. The van der Waals surface area contributed by atoms with Crippen molar-refractivity contribution < 1.29 is 14.2 Å². The number of hydrogen-bond acceptors (Lipinski definition) is 12. The van der Waals surface area contributed by atoms with Crippen molar-refractivity contribution >= 4 is 0 Å². The minimum atomic E-state index is 0.689. The first-order chi connectivity index (χ1) is 44.6. The van der Waals surface area contributed by atoms with Crippen molar-refractivity contribution in [1.29, 1.82) is 0 Å². The minimum Gasteiger partial charge on any atom is -0.379 e. The zero-order chi connectivity index (χ0) is 75.2. The summed E-state index contributed by atoms with van der Waals surface area (Å²) in [4.78, 5) is 7.49. The van der Waals surface area contributed by atoms with E-state index in [0.29, 0.717) is 6.04 Å². The van der Waals surface area contributed by atoms with E-state index in [2.05, 4.69) is 192 Å². The third-order valence-electron chi connectivity index (χ3n) is 11.1. The molecule has 1 aliphatic carbocycles. The van der Waals surface area contributed by atoms with Crippen LogP contribution >= 0.6 is 0 Å². The van der Waals surface area contributed by atoms with Crippen molar-refractivity contribution in [2.45, 2.75) is 358 Å². The fourth-order valence-electron chi connectivity index (χ4n) is 7.22. The molecule has 584 valence electrons. The molecular weight excluding hydrogens is 1150 g/mol. The second-order valence-corrected chi connectivity index (χ2v) is 25.7. The number of piperazine rings is 2. The largest absolute Gasteiger partial charge is 0.379 e. The van der Waals surface area contributed by atoms with Gasteiger partial charge in [0.1, 0.15) is 0 Å². The van der Waals surface area contributed by atoms with Crippen molar-refractivity contribution in [3.05, 3.63) is 0 Å². The van der Waals surface area contributed by atoms with Gasteiger partial charge in [-0.05, 0) is 136 Å². The van der Waals surface area contributed by atoms with Gasteiger partial charge in [-0.2, -0.15) is 0 Å². The van der Waals surface area contributed by atoms with Crippen molar-refractivity contribution in [3.8, 4) is 0 Å². The van der Waals surface area contributed by atoms with Crippen LogP contribution < -0.4 is 31.9 Å². The minimum absolute atomic E-state index is 0.689. The maximum atomic E-state index is 5.21. The summed E-state index contributed by atoms with van der Waals surface area (Å²) in [6.07, 6.45) is 18.7. The van der Waals surface area contributed by atoms with E-state index in [1.54, 1.807) is 0 Å². The van der Waals surface area contributed by atoms with E-state index >= 15 is 0 Å². The molecule has 0 spiro atoms. The molecule has 0 aromatic carbocycles. The third-order valence-corrected chi connectivity index (χ3v) is 11.1. The fourth-order valence-corrected chi connectivity index (χ4v) is 7.22. The summed E-state index contributed by atoms with van der Waals surface area (Å²) in [5.74, 6) is 4.17. The molecule has 8 rings (SSSR count). The lowest BCUT2D eigenvalue weighted by Crippen LogP contribution is -2.46. The summed E-state index contributed by atoms with van der Waals surface area (Å²) >= 11 is 0. The molecule has 7 saturated heterocycles. The van der Waals surface area contributed by atoms with Crippen LogP contribution in [0.2, 0.25) is 0 Å². The number of piperidine rings is 2. The average molecular weight is 1350 g/mol. The number of rotatable bonds is 3. The molecular formula is C81H197N9O3. The third kappa shape index (κ3) is 171. The standard InChI is InChI=1S/C8H17N.C7H16N2.C7H15NO.C6H12.C5H11N.C4H10N2.2C4H9NO.5C4H10.8C2H6/c1-8(2)9-6-4-3-5-7-9;1-7(2)9-5-3-8-4-6-9;1-7(2)8-3-5-9-6-4-8;2*1-2-4-6-5-3-1;1-2-6-4-3-5-1;1-3-6-4-2-5-1;1-2-5-4-6-3-1;5*1-4(2)3;8*1-2/h8H,3-7H2,1-2H3;7-8H,3-6H2,1-2H3;7H,3-6H2,1-2H3;1-6H2;6H,1-5H2;5-6H,1-4H2;2*5H,1-4H2;5*4H,1-3H3;8*1-2H3. The van der Waals surface area contributed by atoms with Gasteiger partial charge in [-0.15, -0.1) is 0 Å². The van der Waals surface area contributed by atoms with Crippen LogP contribution in [0.25, 0.3) is 0 Å². The van der Waals surface area contributed by atoms with Gasteiger partial charge in [0.2, 0.25) is 0 Å². The second-order valence-electron chi connectivity index (χ2n) is 25.7. The molecule has 93 heavy (non-hydrogen) atoms. The summed E-state index contributed by atoms with van der Waals surface area (Å²) in [5, 5.41) is 19.3. The zero-order valence-electron chi connectivity index (χ0n) is 72.6. The van der Waals surface area contributed by atoms with Crippen molar-refractivity contribution in [3.63, 3.8) is 0 Å². The van der Waals surface area contributed by atoms with Gasteiger partial charge >= 0.3 is 0 Å². The van der Waals surface area contributed by atoms with Crippen LogP contribution in [0.15, 0.2) is 0 Å². The molecule has 12 nitrogen and oxygen atoms in total. The highest BCUT2D eigenvalue weighted by Gasteiger charge is 2.13. The number of nitrogens with one attached hydrogen (secondary N) is 6. The number of ether oxygens (including phenoxy) is 3. The predicted octanol–water partition coefficient (Wildman–Crippen LogP) is 21.3. The van der Waals surface area contributed by atoms with E-state index in [0.717, 1.165) is 153 Å². The monoisotopic (exact) mass is 1340 g/mol. The zero-order valence-corrected chi connectivity index (χ0v) is 72.6. The van der Waals surface area contributed by atoms with Crippen molar-refractivity contribution in [2.75, 3.05) is 151 Å². The first-order valence-corrected chi connectivity index (χ1v) is 40.8. The summed E-state index contributed by atoms with van der Waals surface area (Å²) in [5.41, 5.74) is 0. The highest BCUT2D eigenvalue weighted by molar-refractivity contribution is 4.70. The van der Waals surface area contributed by atoms with E-state index in [-0.39, 0.29) is 0 Å². The summed E-state index contributed by atoms with van der Waals surface area (Å²) in [6, 6.07) is 2.19.